The number of nitrogens with one attached hydrogen (secondary N) is 2. The minimum Gasteiger partial charge on any atom is -0.280 e. The summed E-state index contributed by atoms with van der Waals surface area (Å²) >= 11 is 0. The molecule has 0 saturated carbocycles. The zero-order chi connectivity index (χ0) is 22.2. The highest BCUT2D eigenvalue weighted by molar-refractivity contribution is 7.93. The van der Waals surface area contributed by atoms with Crippen molar-refractivity contribution in [3.8, 4) is 0 Å². The summed E-state index contributed by atoms with van der Waals surface area (Å²) in [5.41, 5.74) is 2.47. The fourth-order valence-electron chi connectivity index (χ4n) is 3.63. The first-order valence-electron chi connectivity index (χ1n) is 9.68. The van der Waals surface area contributed by atoms with Gasteiger partial charge in [0.15, 0.2) is 0 Å². The Balaban J connectivity index is 1.64. The van der Waals surface area contributed by atoms with Crippen LogP contribution in [-0.4, -0.2) is 16.8 Å². The standard InChI is InChI=1S/C22H21FN2O4S2/c1-15-9-11-18(14-22(15)31(28,29)25-21-8-3-2-7-20(21)23)24-30(26,27)19-12-10-16-5-4-6-17(16)13-19/h2-3,7-14,24-25H,4-6H2,1H3. The summed E-state index contributed by atoms with van der Waals surface area (Å²) in [6, 6.07) is 14.7. The fourth-order valence-corrected chi connectivity index (χ4v) is 6.07. The molecule has 3 aromatic rings. The number of anilines is 2. The van der Waals surface area contributed by atoms with Gasteiger partial charge in [-0.25, -0.2) is 21.2 Å². The molecular weight excluding hydrogens is 439 g/mol. The molecule has 9 heteroatoms. The summed E-state index contributed by atoms with van der Waals surface area (Å²) in [7, 11) is -8.04. The maximum Gasteiger partial charge on any atom is 0.262 e. The molecule has 0 fully saturated rings. The van der Waals surface area contributed by atoms with Gasteiger partial charge in [-0.05, 0) is 79.3 Å². The van der Waals surface area contributed by atoms with Gasteiger partial charge in [0.25, 0.3) is 20.0 Å². The van der Waals surface area contributed by atoms with Crippen LogP contribution in [0, 0.1) is 12.7 Å². The number of aryl methyl sites for hydroxylation is 3. The lowest BCUT2D eigenvalue weighted by Crippen LogP contribution is -2.17. The molecule has 0 amide bonds. The SMILES string of the molecule is Cc1ccc(NS(=O)(=O)c2ccc3c(c2)CCC3)cc1S(=O)(=O)Nc1ccccc1F. The summed E-state index contributed by atoms with van der Waals surface area (Å²) in [6.45, 7) is 1.58. The summed E-state index contributed by atoms with van der Waals surface area (Å²) in [5, 5.41) is 0. The van der Waals surface area contributed by atoms with E-state index in [1.807, 2.05) is 6.07 Å². The zero-order valence-electron chi connectivity index (χ0n) is 16.7. The van der Waals surface area contributed by atoms with E-state index in [1.54, 1.807) is 19.1 Å². The Morgan fingerprint density at radius 1 is 0.806 bits per heavy atom. The van der Waals surface area contributed by atoms with Gasteiger partial charge in [-0.1, -0.05) is 24.3 Å². The summed E-state index contributed by atoms with van der Waals surface area (Å²) in [4.78, 5) is -0.0208. The van der Waals surface area contributed by atoms with Gasteiger partial charge < -0.3 is 0 Å². The Kier molecular flexibility index (Phi) is 5.49. The van der Waals surface area contributed by atoms with E-state index in [-0.39, 0.29) is 21.2 Å². The molecular formula is C22H21FN2O4S2. The molecule has 1 aliphatic carbocycles. The highest BCUT2D eigenvalue weighted by atomic mass is 32.2. The molecule has 2 N–H and O–H groups in total. The maximum atomic E-state index is 13.9. The first-order valence-corrected chi connectivity index (χ1v) is 12.6. The van der Waals surface area contributed by atoms with E-state index in [9.17, 15) is 21.2 Å². The molecule has 0 saturated heterocycles. The molecule has 0 aromatic heterocycles. The lowest BCUT2D eigenvalue weighted by molar-refractivity contribution is 0.596. The second kappa shape index (κ2) is 7.97. The number of hydrogen-bond acceptors (Lipinski definition) is 4. The van der Waals surface area contributed by atoms with Crippen molar-refractivity contribution in [3.63, 3.8) is 0 Å². The van der Waals surface area contributed by atoms with Gasteiger partial charge in [0.05, 0.1) is 21.2 Å². The molecule has 1 aliphatic rings. The van der Waals surface area contributed by atoms with Gasteiger partial charge >= 0.3 is 0 Å². The smallest absolute Gasteiger partial charge is 0.262 e. The van der Waals surface area contributed by atoms with Crippen LogP contribution >= 0.6 is 0 Å². The third kappa shape index (κ3) is 4.42. The van der Waals surface area contributed by atoms with E-state index in [0.717, 1.165) is 36.5 Å². The topological polar surface area (TPSA) is 92.3 Å². The quantitative estimate of drug-likeness (QED) is 0.576. The Bertz CT molecular complexity index is 1370. The van der Waals surface area contributed by atoms with E-state index >= 15 is 0 Å². The van der Waals surface area contributed by atoms with E-state index < -0.39 is 25.9 Å². The number of sulfonamides is 2. The van der Waals surface area contributed by atoms with Crippen LogP contribution in [0.2, 0.25) is 0 Å². The first kappa shape index (κ1) is 21.3. The number of hydrogen-bond donors (Lipinski definition) is 2. The largest absolute Gasteiger partial charge is 0.280 e. The minimum absolute atomic E-state index is 0.0972. The molecule has 0 unspecified atom stereocenters. The number of benzene rings is 3. The first-order chi connectivity index (χ1) is 14.7. The van der Waals surface area contributed by atoms with E-state index in [4.69, 9.17) is 0 Å². The number of rotatable bonds is 6. The molecule has 0 radical (unpaired) electrons. The minimum atomic E-state index is -4.14. The fraction of sp³-hybridized carbons (Fsp3) is 0.182. The van der Waals surface area contributed by atoms with Crippen LogP contribution in [0.3, 0.4) is 0 Å². The second-order valence-corrected chi connectivity index (χ2v) is 10.8. The average molecular weight is 461 g/mol. The molecule has 6 nitrogen and oxygen atoms in total. The van der Waals surface area contributed by atoms with E-state index in [0.29, 0.717) is 5.56 Å². The van der Waals surface area contributed by atoms with Gasteiger partial charge in [-0.3, -0.25) is 9.44 Å². The van der Waals surface area contributed by atoms with E-state index in [2.05, 4.69) is 9.44 Å². The van der Waals surface area contributed by atoms with Crippen LogP contribution in [-0.2, 0) is 32.9 Å². The van der Waals surface area contributed by atoms with Crippen molar-refractivity contribution in [3.05, 3.63) is 83.2 Å². The molecule has 4 rings (SSSR count). The predicted octanol–water partition coefficient (Wildman–Crippen LogP) is 4.22. The molecule has 0 aliphatic heterocycles. The van der Waals surface area contributed by atoms with Crippen molar-refractivity contribution < 1.29 is 21.2 Å². The zero-order valence-corrected chi connectivity index (χ0v) is 18.4. The van der Waals surface area contributed by atoms with Gasteiger partial charge in [-0.2, -0.15) is 0 Å². The monoisotopic (exact) mass is 460 g/mol. The highest BCUT2D eigenvalue weighted by Gasteiger charge is 2.22. The molecule has 3 aromatic carbocycles. The molecule has 0 spiro atoms. The molecule has 31 heavy (non-hydrogen) atoms. The third-order valence-electron chi connectivity index (χ3n) is 5.23. The van der Waals surface area contributed by atoms with Crippen molar-refractivity contribution >= 4 is 31.4 Å². The number of fused-ring (bicyclic) bond motifs is 1. The van der Waals surface area contributed by atoms with E-state index in [1.165, 1.54) is 36.4 Å². The van der Waals surface area contributed by atoms with Crippen LogP contribution in [0.25, 0.3) is 0 Å². The Morgan fingerprint density at radius 3 is 2.32 bits per heavy atom. The van der Waals surface area contributed by atoms with Crippen molar-refractivity contribution in [1.29, 1.82) is 0 Å². The van der Waals surface area contributed by atoms with Crippen molar-refractivity contribution in [2.45, 2.75) is 36.0 Å². The van der Waals surface area contributed by atoms with Crippen molar-refractivity contribution in [2.75, 3.05) is 9.44 Å². The van der Waals surface area contributed by atoms with Crippen LogP contribution in [0.15, 0.2) is 70.5 Å². The second-order valence-electron chi connectivity index (χ2n) is 7.46. The van der Waals surface area contributed by atoms with Gasteiger partial charge in [0.2, 0.25) is 0 Å². The molecule has 162 valence electrons. The van der Waals surface area contributed by atoms with Crippen LogP contribution in [0.5, 0.6) is 0 Å². The lowest BCUT2D eigenvalue weighted by Gasteiger charge is -2.14. The Morgan fingerprint density at radius 2 is 1.55 bits per heavy atom. The molecule has 0 heterocycles. The van der Waals surface area contributed by atoms with Gasteiger partial charge in [-0.15, -0.1) is 0 Å². The summed E-state index contributed by atoms with van der Waals surface area (Å²) < 4.78 is 69.9. The molecule has 0 atom stereocenters. The summed E-state index contributed by atoms with van der Waals surface area (Å²) in [6.07, 6.45) is 2.78. The van der Waals surface area contributed by atoms with Gasteiger partial charge in [0.1, 0.15) is 5.82 Å². The Hall–Kier alpha value is -2.91. The summed E-state index contributed by atoms with van der Waals surface area (Å²) in [5.74, 6) is -0.711. The maximum absolute atomic E-state index is 13.9. The van der Waals surface area contributed by atoms with Crippen LogP contribution < -0.4 is 9.44 Å². The third-order valence-corrected chi connectivity index (χ3v) is 8.11. The predicted molar refractivity (Wildman–Crippen MR) is 118 cm³/mol. The number of halogens is 1. The van der Waals surface area contributed by atoms with Crippen LogP contribution in [0.4, 0.5) is 15.8 Å². The average Bonchev–Trinajstić information content (AvgIpc) is 3.19. The normalized spacial score (nSPS) is 13.6. The van der Waals surface area contributed by atoms with Crippen LogP contribution in [0.1, 0.15) is 23.1 Å². The number of para-hydroxylation sites is 1. The lowest BCUT2D eigenvalue weighted by atomic mass is 10.1. The molecule has 0 bridgehead atoms. The highest BCUT2D eigenvalue weighted by Crippen LogP contribution is 2.28. The Labute approximate surface area is 181 Å². The van der Waals surface area contributed by atoms with Crippen molar-refractivity contribution in [1.82, 2.24) is 0 Å². The van der Waals surface area contributed by atoms with Crippen molar-refractivity contribution in [2.24, 2.45) is 0 Å². The van der Waals surface area contributed by atoms with Gasteiger partial charge in [0, 0.05) is 0 Å².